The number of esters is 1. The predicted octanol–water partition coefficient (Wildman–Crippen LogP) is 0.897. The molecule has 1 saturated heterocycles. The minimum atomic E-state index is -0.138. The normalized spacial score (nSPS) is 21.0. The number of carbonyl (C=O) groups excluding carboxylic acids is 1. The van der Waals surface area contributed by atoms with Gasteiger partial charge in [-0.05, 0) is 17.9 Å². The maximum Gasteiger partial charge on any atom is 0.310 e. The van der Waals surface area contributed by atoms with E-state index in [1.807, 2.05) is 19.4 Å². The van der Waals surface area contributed by atoms with Crippen molar-refractivity contribution < 1.29 is 9.53 Å². The van der Waals surface area contributed by atoms with E-state index in [-0.39, 0.29) is 41.8 Å². The lowest BCUT2D eigenvalue weighted by Crippen LogP contribution is -2.41. The van der Waals surface area contributed by atoms with Crippen molar-refractivity contribution in [1.82, 2.24) is 20.0 Å². The van der Waals surface area contributed by atoms with E-state index in [0.717, 1.165) is 25.5 Å². The Morgan fingerprint density at radius 1 is 1.52 bits per heavy atom. The molecule has 23 heavy (non-hydrogen) atoms. The van der Waals surface area contributed by atoms with Gasteiger partial charge in [0, 0.05) is 39.9 Å². The average Bonchev–Trinajstić information content (AvgIpc) is 3.09. The monoisotopic (exact) mass is 435 g/mol. The van der Waals surface area contributed by atoms with Crippen LogP contribution in [-0.4, -0.2) is 60.4 Å². The molecule has 1 fully saturated rings. The van der Waals surface area contributed by atoms with Gasteiger partial charge in [0.15, 0.2) is 5.96 Å². The van der Waals surface area contributed by atoms with Gasteiger partial charge in [0.1, 0.15) is 0 Å². The summed E-state index contributed by atoms with van der Waals surface area (Å²) in [6, 6.07) is 0. The van der Waals surface area contributed by atoms with Gasteiger partial charge in [0.2, 0.25) is 0 Å². The molecule has 1 N–H and O–H groups in total. The minimum Gasteiger partial charge on any atom is -0.469 e. The van der Waals surface area contributed by atoms with E-state index < -0.39 is 0 Å². The fourth-order valence-corrected chi connectivity index (χ4v) is 2.85. The molecular weight excluding hydrogens is 409 g/mol. The molecule has 2 rings (SSSR count). The van der Waals surface area contributed by atoms with Crippen LogP contribution in [-0.2, 0) is 23.0 Å². The lowest BCUT2D eigenvalue weighted by molar-refractivity contribution is -0.145. The molecule has 1 aliphatic rings. The topological polar surface area (TPSA) is 71.8 Å². The van der Waals surface area contributed by atoms with E-state index in [0.29, 0.717) is 6.54 Å². The predicted molar refractivity (Wildman–Crippen MR) is 99.9 cm³/mol. The van der Waals surface area contributed by atoms with Gasteiger partial charge in [0.25, 0.3) is 0 Å². The van der Waals surface area contributed by atoms with Crippen molar-refractivity contribution in [3.05, 3.63) is 18.0 Å². The minimum absolute atomic E-state index is 0. The zero-order valence-electron chi connectivity index (χ0n) is 14.2. The fraction of sp³-hybridized carbons (Fsp3) is 0.667. The van der Waals surface area contributed by atoms with E-state index >= 15 is 0 Å². The molecule has 2 unspecified atom stereocenters. The molecule has 0 radical (unpaired) electrons. The Bertz CT molecular complexity index is 546. The number of nitrogens with one attached hydrogen (secondary N) is 1. The van der Waals surface area contributed by atoms with Crippen LogP contribution in [0.5, 0.6) is 0 Å². The highest BCUT2D eigenvalue weighted by atomic mass is 127. The SMILES string of the molecule is CN=C(NCCc1cnn(C)c1)N1CC(C)C(C(=O)OC)C1.I. The molecule has 0 aromatic carbocycles. The van der Waals surface area contributed by atoms with Gasteiger partial charge < -0.3 is 15.0 Å². The quantitative estimate of drug-likeness (QED) is 0.329. The summed E-state index contributed by atoms with van der Waals surface area (Å²) in [5.41, 5.74) is 1.19. The highest BCUT2D eigenvalue weighted by Gasteiger charge is 2.36. The van der Waals surface area contributed by atoms with Crippen molar-refractivity contribution in [2.24, 2.45) is 23.9 Å². The highest BCUT2D eigenvalue weighted by molar-refractivity contribution is 14.0. The van der Waals surface area contributed by atoms with E-state index in [4.69, 9.17) is 4.74 Å². The van der Waals surface area contributed by atoms with Crippen LogP contribution in [0.25, 0.3) is 0 Å². The number of aliphatic imine (C=N–C) groups is 1. The van der Waals surface area contributed by atoms with Gasteiger partial charge in [-0.1, -0.05) is 6.92 Å². The van der Waals surface area contributed by atoms with Crippen LogP contribution in [0.15, 0.2) is 17.4 Å². The zero-order valence-corrected chi connectivity index (χ0v) is 16.5. The van der Waals surface area contributed by atoms with Gasteiger partial charge in [-0.2, -0.15) is 5.10 Å². The molecule has 1 aromatic rings. The summed E-state index contributed by atoms with van der Waals surface area (Å²) >= 11 is 0. The Kier molecular flexibility index (Phi) is 7.80. The fourth-order valence-electron chi connectivity index (χ4n) is 2.85. The molecule has 0 aliphatic carbocycles. The summed E-state index contributed by atoms with van der Waals surface area (Å²) in [7, 11) is 5.12. The van der Waals surface area contributed by atoms with Crippen molar-refractivity contribution in [2.45, 2.75) is 13.3 Å². The summed E-state index contributed by atoms with van der Waals surface area (Å²) in [4.78, 5) is 18.2. The Morgan fingerprint density at radius 3 is 2.83 bits per heavy atom. The first kappa shape index (κ1) is 19.7. The number of nitrogens with zero attached hydrogens (tertiary/aromatic N) is 4. The number of aromatic nitrogens is 2. The molecule has 7 nitrogen and oxygen atoms in total. The van der Waals surface area contributed by atoms with Crippen molar-refractivity contribution in [2.75, 3.05) is 33.8 Å². The summed E-state index contributed by atoms with van der Waals surface area (Å²) in [6.07, 6.45) is 4.77. The molecule has 1 aliphatic heterocycles. The number of methoxy groups -OCH3 is 1. The second kappa shape index (κ2) is 9.09. The molecule has 0 bridgehead atoms. The second-order valence-corrected chi connectivity index (χ2v) is 5.76. The van der Waals surface area contributed by atoms with Gasteiger partial charge in [0.05, 0.1) is 19.2 Å². The number of hydrogen-bond acceptors (Lipinski definition) is 4. The summed E-state index contributed by atoms with van der Waals surface area (Å²) in [5, 5.41) is 7.51. The third-order valence-electron chi connectivity index (χ3n) is 4.08. The lowest BCUT2D eigenvalue weighted by atomic mass is 9.99. The lowest BCUT2D eigenvalue weighted by Gasteiger charge is -2.21. The Labute approximate surface area is 154 Å². The molecule has 130 valence electrons. The number of aryl methyl sites for hydroxylation is 1. The van der Waals surface area contributed by atoms with Gasteiger partial charge >= 0.3 is 5.97 Å². The van der Waals surface area contributed by atoms with Crippen LogP contribution in [0.3, 0.4) is 0 Å². The van der Waals surface area contributed by atoms with E-state index in [1.165, 1.54) is 12.7 Å². The van der Waals surface area contributed by atoms with Crippen LogP contribution >= 0.6 is 24.0 Å². The van der Waals surface area contributed by atoms with E-state index in [9.17, 15) is 4.79 Å². The number of ether oxygens (including phenoxy) is 1. The van der Waals surface area contributed by atoms with Gasteiger partial charge in [-0.15, -0.1) is 24.0 Å². The number of likely N-dealkylation sites (tertiary alicyclic amines) is 1. The molecule has 0 saturated carbocycles. The first-order valence-corrected chi connectivity index (χ1v) is 7.56. The maximum absolute atomic E-state index is 11.8. The molecule has 0 amide bonds. The molecule has 0 spiro atoms. The van der Waals surface area contributed by atoms with E-state index in [1.54, 1.807) is 11.7 Å². The third-order valence-corrected chi connectivity index (χ3v) is 4.08. The smallest absolute Gasteiger partial charge is 0.310 e. The molecule has 8 heteroatoms. The van der Waals surface area contributed by atoms with Crippen LogP contribution in [0, 0.1) is 11.8 Å². The van der Waals surface area contributed by atoms with Crippen LogP contribution in [0.1, 0.15) is 12.5 Å². The van der Waals surface area contributed by atoms with E-state index in [2.05, 4.69) is 27.2 Å². The van der Waals surface area contributed by atoms with Crippen molar-refractivity contribution in [3.63, 3.8) is 0 Å². The average molecular weight is 435 g/mol. The first-order chi connectivity index (χ1) is 10.5. The van der Waals surface area contributed by atoms with Crippen LogP contribution < -0.4 is 5.32 Å². The van der Waals surface area contributed by atoms with Gasteiger partial charge in [-0.25, -0.2) is 0 Å². The van der Waals surface area contributed by atoms with Crippen LogP contribution in [0.2, 0.25) is 0 Å². The maximum atomic E-state index is 11.8. The summed E-state index contributed by atoms with van der Waals surface area (Å²) < 4.78 is 6.67. The van der Waals surface area contributed by atoms with Crippen molar-refractivity contribution in [3.8, 4) is 0 Å². The molecular formula is C15H26IN5O2. The largest absolute Gasteiger partial charge is 0.469 e. The standard InChI is InChI=1S/C15H25N5O2.HI/c1-11-8-20(10-13(11)14(21)22-4)15(16-2)17-6-5-12-7-18-19(3)9-12;/h7,9,11,13H,5-6,8,10H2,1-4H3,(H,16,17);1H. The third kappa shape index (κ3) is 5.08. The number of halogens is 1. The summed E-state index contributed by atoms with van der Waals surface area (Å²) in [6.45, 7) is 4.32. The van der Waals surface area contributed by atoms with Crippen LogP contribution in [0.4, 0.5) is 0 Å². The number of guanidine groups is 1. The number of carbonyl (C=O) groups is 1. The molecule has 1 aromatic heterocycles. The number of rotatable bonds is 4. The molecule has 2 heterocycles. The van der Waals surface area contributed by atoms with Gasteiger partial charge in [-0.3, -0.25) is 14.5 Å². The van der Waals surface area contributed by atoms with Crippen molar-refractivity contribution in [1.29, 1.82) is 0 Å². The Hall–Kier alpha value is -1.32. The first-order valence-electron chi connectivity index (χ1n) is 7.56. The number of hydrogen-bond donors (Lipinski definition) is 1. The second-order valence-electron chi connectivity index (χ2n) is 5.76. The molecule has 2 atom stereocenters. The summed E-state index contributed by atoms with van der Waals surface area (Å²) in [5.74, 6) is 0.883. The highest BCUT2D eigenvalue weighted by Crippen LogP contribution is 2.23. The zero-order chi connectivity index (χ0) is 16.1. The Balaban J connectivity index is 0.00000264. The Morgan fingerprint density at radius 2 is 2.26 bits per heavy atom. The van der Waals surface area contributed by atoms with Crippen molar-refractivity contribution >= 4 is 35.9 Å².